The molecule has 0 unspecified atom stereocenters. The minimum atomic E-state index is -0.107. The van der Waals surface area contributed by atoms with Crippen molar-refractivity contribution in [1.29, 1.82) is 0 Å². The van der Waals surface area contributed by atoms with E-state index in [1.165, 1.54) is 0 Å². The fraction of sp³-hybridized carbons (Fsp3) is 0.455. The van der Waals surface area contributed by atoms with E-state index >= 15 is 0 Å². The number of amides is 1. The zero-order valence-electron chi connectivity index (χ0n) is 18.8. The number of ether oxygens (including phenoxy) is 2. The van der Waals surface area contributed by atoms with E-state index in [1.807, 2.05) is 32.0 Å². The third-order valence-electron chi connectivity index (χ3n) is 3.93. The number of nitrogens with one attached hydrogen (secondary N) is 4. The van der Waals surface area contributed by atoms with Crippen molar-refractivity contribution >= 4 is 23.8 Å². The van der Waals surface area contributed by atoms with E-state index in [0.29, 0.717) is 69.5 Å². The second-order valence-electron chi connectivity index (χ2n) is 7.05. The van der Waals surface area contributed by atoms with Crippen LogP contribution in [-0.4, -0.2) is 73.0 Å². The number of rotatable bonds is 16. The third-order valence-corrected chi connectivity index (χ3v) is 3.93. The quantitative estimate of drug-likeness (QED) is 0.228. The standard InChI is InChI=1S/C22H33N7O3/c1-4-10-24-20-27-21(29-22(28-20)26-17(2)3)25-12-14-32-16-15-31-13-11-23-19(30)18-8-6-5-7-9-18/h4-9,17H,1,10-16H2,2-3H3,(H,23,30)(H3,24,25,26,27,28,29). The van der Waals surface area contributed by atoms with Crippen LogP contribution < -0.4 is 21.3 Å². The average molecular weight is 444 g/mol. The maximum Gasteiger partial charge on any atom is 0.251 e. The van der Waals surface area contributed by atoms with E-state index in [0.717, 1.165) is 0 Å². The molecule has 10 heteroatoms. The van der Waals surface area contributed by atoms with Crippen LogP contribution in [0, 0.1) is 0 Å². The Hall–Kier alpha value is -3.24. The molecule has 10 nitrogen and oxygen atoms in total. The highest BCUT2D eigenvalue weighted by Crippen LogP contribution is 2.10. The molecule has 0 saturated carbocycles. The van der Waals surface area contributed by atoms with Gasteiger partial charge in [0, 0.05) is 31.2 Å². The largest absolute Gasteiger partial charge is 0.377 e. The fourth-order valence-corrected chi connectivity index (χ4v) is 2.51. The molecule has 0 aliphatic heterocycles. The Morgan fingerprint density at radius 3 is 2.22 bits per heavy atom. The Morgan fingerprint density at radius 2 is 1.56 bits per heavy atom. The summed E-state index contributed by atoms with van der Waals surface area (Å²) in [5, 5.41) is 12.2. The van der Waals surface area contributed by atoms with E-state index in [4.69, 9.17) is 9.47 Å². The molecule has 32 heavy (non-hydrogen) atoms. The highest BCUT2D eigenvalue weighted by atomic mass is 16.5. The molecule has 0 atom stereocenters. The van der Waals surface area contributed by atoms with Crippen molar-refractivity contribution in [2.45, 2.75) is 19.9 Å². The predicted molar refractivity (Wildman–Crippen MR) is 126 cm³/mol. The van der Waals surface area contributed by atoms with Crippen LogP contribution in [0.2, 0.25) is 0 Å². The molecule has 4 N–H and O–H groups in total. The maximum absolute atomic E-state index is 11.9. The summed E-state index contributed by atoms with van der Waals surface area (Å²) in [4.78, 5) is 24.9. The molecule has 0 spiro atoms. The van der Waals surface area contributed by atoms with E-state index in [2.05, 4.69) is 42.8 Å². The Kier molecular flexibility index (Phi) is 11.5. The number of nitrogens with zero attached hydrogens (tertiary/aromatic N) is 3. The summed E-state index contributed by atoms with van der Waals surface area (Å²) < 4.78 is 11.0. The van der Waals surface area contributed by atoms with E-state index in [-0.39, 0.29) is 11.9 Å². The first-order valence-electron chi connectivity index (χ1n) is 10.7. The second-order valence-corrected chi connectivity index (χ2v) is 7.05. The topological polar surface area (TPSA) is 122 Å². The van der Waals surface area contributed by atoms with Gasteiger partial charge >= 0.3 is 0 Å². The Labute approximate surface area is 189 Å². The second kappa shape index (κ2) is 14.7. The van der Waals surface area contributed by atoms with Gasteiger partial charge in [0.1, 0.15) is 0 Å². The van der Waals surface area contributed by atoms with Gasteiger partial charge in [-0.15, -0.1) is 6.58 Å². The molecule has 0 aliphatic rings. The van der Waals surface area contributed by atoms with Gasteiger partial charge in [0.05, 0.1) is 26.4 Å². The van der Waals surface area contributed by atoms with Gasteiger partial charge in [0.15, 0.2) is 0 Å². The van der Waals surface area contributed by atoms with Gasteiger partial charge in [-0.1, -0.05) is 24.3 Å². The Bertz CT molecular complexity index is 818. The summed E-state index contributed by atoms with van der Waals surface area (Å²) in [6.07, 6.45) is 1.74. The minimum absolute atomic E-state index is 0.107. The highest BCUT2D eigenvalue weighted by Gasteiger charge is 2.07. The van der Waals surface area contributed by atoms with Crippen molar-refractivity contribution in [2.24, 2.45) is 0 Å². The number of carbonyl (C=O) groups excluding carboxylic acids is 1. The van der Waals surface area contributed by atoms with Gasteiger partial charge in [-0.3, -0.25) is 4.79 Å². The summed E-state index contributed by atoms with van der Waals surface area (Å²) in [6, 6.07) is 9.29. The summed E-state index contributed by atoms with van der Waals surface area (Å²) in [5.41, 5.74) is 0.636. The molecule has 0 saturated heterocycles. The predicted octanol–water partition coefficient (Wildman–Crippen LogP) is 2.16. The highest BCUT2D eigenvalue weighted by molar-refractivity contribution is 5.94. The molecule has 1 aromatic heterocycles. The van der Waals surface area contributed by atoms with Crippen LogP contribution in [0.5, 0.6) is 0 Å². The lowest BCUT2D eigenvalue weighted by atomic mass is 10.2. The fourth-order valence-electron chi connectivity index (χ4n) is 2.51. The molecule has 0 bridgehead atoms. The molecule has 1 amide bonds. The van der Waals surface area contributed by atoms with Crippen molar-refractivity contribution in [3.8, 4) is 0 Å². The van der Waals surface area contributed by atoms with Crippen LogP contribution in [0.25, 0.3) is 0 Å². The number of benzene rings is 1. The zero-order valence-corrected chi connectivity index (χ0v) is 18.8. The van der Waals surface area contributed by atoms with Gasteiger partial charge < -0.3 is 30.7 Å². The normalized spacial score (nSPS) is 10.6. The molecule has 174 valence electrons. The van der Waals surface area contributed by atoms with E-state index in [9.17, 15) is 4.79 Å². The SMILES string of the molecule is C=CCNc1nc(NCCOCCOCCNC(=O)c2ccccc2)nc(NC(C)C)n1. The first-order valence-corrected chi connectivity index (χ1v) is 10.7. The number of anilines is 3. The van der Waals surface area contributed by atoms with Crippen LogP contribution >= 0.6 is 0 Å². The number of aromatic nitrogens is 3. The van der Waals surface area contributed by atoms with E-state index < -0.39 is 0 Å². The maximum atomic E-state index is 11.9. The number of carbonyl (C=O) groups is 1. The molecular formula is C22H33N7O3. The summed E-state index contributed by atoms with van der Waals surface area (Å²) in [7, 11) is 0. The van der Waals surface area contributed by atoms with Crippen molar-refractivity contribution in [1.82, 2.24) is 20.3 Å². The number of hydrogen-bond acceptors (Lipinski definition) is 9. The molecule has 1 heterocycles. The van der Waals surface area contributed by atoms with Gasteiger partial charge in [-0.05, 0) is 26.0 Å². The van der Waals surface area contributed by atoms with Gasteiger partial charge in [-0.25, -0.2) is 0 Å². The first kappa shape index (κ1) is 25.0. The molecule has 1 aromatic carbocycles. The van der Waals surface area contributed by atoms with Gasteiger partial charge in [0.25, 0.3) is 5.91 Å². The average Bonchev–Trinajstić information content (AvgIpc) is 2.78. The molecule has 0 fully saturated rings. The number of hydrogen-bond donors (Lipinski definition) is 4. The van der Waals surface area contributed by atoms with Crippen molar-refractivity contribution in [3.05, 3.63) is 48.6 Å². The molecule has 2 aromatic rings. The molecule has 0 radical (unpaired) electrons. The zero-order chi connectivity index (χ0) is 23.0. The van der Waals surface area contributed by atoms with Gasteiger partial charge in [-0.2, -0.15) is 15.0 Å². The van der Waals surface area contributed by atoms with Crippen LogP contribution in [-0.2, 0) is 9.47 Å². The van der Waals surface area contributed by atoms with Crippen molar-refractivity contribution in [2.75, 3.05) is 62.0 Å². The smallest absolute Gasteiger partial charge is 0.251 e. The van der Waals surface area contributed by atoms with Crippen molar-refractivity contribution in [3.63, 3.8) is 0 Å². The lowest BCUT2D eigenvalue weighted by Crippen LogP contribution is -2.27. The summed E-state index contributed by atoms with van der Waals surface area (Å²) in [6.45, 7) is 11.1. The molecule has 2 rings (SSSR count). The monoisotopic (exact) mass is 443 g/mol. The molecular weight excluding hydrogens is 410 g/mol. The van der Waals surface area contributed by atoms with Gasteiger partial charge in [0.2, 0.25) is 17.8 Å². The lowest BCUT2D eigenvalue weighted by molar-refractivity contribution is 0.0519. The lowest BCUT2D eigenvalue weighted by Gasteiger charge is -2.12. The minimum Gasteiger partial charge on any atom is -0.377 e. The summed E-state index contributed by atoms with van der Waals surface area (Å²) >= 11 is 0. The summed E-state index contributed by atoms with van der Waals surface area (Å²) in [5.74, 6) is 1.32. The third kappa shape index (κ3) is 10.2. The first-order chi connectivity index (χ1) is 15.6. The molecule has 0 aliphatic carbocycles. The Morgan fingerprint density at radius 1 is 0.938 bits per heavy atom. The van der Waals surface area contributed by atoms with Crippen molar-refractivity contribution < 1.29 is 14.3 Å². The Balaban J connectivity index is 1.57. The van der Waals surface area contributed by atoms with Crippen LogP contribution in [0.1, 0.15) is 24.2 Å². The van der Waals surface area contributed by atoms with Crippen LogP contribution in [0.3, 0.4) is 0 Å². The van der Waals surface area contributed by atoms with Crippen LogP contribution in [0.4, 0.5) is 17.8 Å². The van der Waals surface area contributed by atoms with Crippen LogP contribution in [0.15, 0.2) is 43.0 Å². The van der Waals surface area contributed by atoms with E-state index in [1.54, 1.807) is 18.2 Å².